The Morgan fingerprint density at radius 2 is 1.38 bits per heavy atom. The smallest absolute Gasteiger partial charge is 0.264 e. The number of rotatable bonds is 14. The van der Waals surface area contributed by atoms with E-state index in [2.05, 4.69) is 5.32 Å². The number of sulfonamides is 1. The number of anilines is 1. The molecule has 9 heteroatoms. The molecule has 7 nitrogen and oxygen atoms in total. The molecule has 0 fully saturated rings. The molecular formula is C36H40FN3O4S. The number of hydrogen-bond donors (Lipinski definition) is 1. The number of benzene rings is 4. The molecule has 0 unspecified atom stereocenters. The fourth-order valence-corrected chi connectivity index (χ4v) is 6.55. The Labute approximate surface area is 265 Å². The maximum Gasteiger partial charge on any atom is 0.264 e. The molecule has 4 aromatic carbocycles. The van der Waals surface area contributed by atoms with Gasteiger partial charge in [0.05, 0.1) is 10.6 Å². The van der Waals surface area contributed by atoms with Crippen LogP contribution in [0.15, 0.2) is 114 Å². The van der Waals surface area contributed by atoms with Crippen LogP contribution in [0.4, 0.5) is 10.1 Å². The van der Waals surface area contributed by atoms with Crippen LogP contribution < -0.4 is 9.62 Å². The molecule has 0 heterocycles. The molecule has 4 rings (SSSR count). The van der Waals surface area contributed by atoms with Gasteiger partial charge in [-0.25, -0.2) is 12.8 Å². The number of halogens is 1. The van der Waals surface area contributed by atoms with Crippen molar-refractivity contribution in [3.63, 3.8) is 0 Å². The Morgan fingerprint density at radius 1 is 0.800 bits per heavy atom. The van der Waals surface area contributed by atoms with Crippen molar-refractivity contribution in [3.8, 4) is 0 Å². The molecule has 2 amide bonds. The third kappa shape index (κ3) is 8.57. The lowest BCUT2D eigenvalue weighted by Crippen LogP contribution is -2.54. The van der Waals surface area contributed by atoms with Gasteiger partial charge >= 0.3 is 0 Å². The largest absolute Gasteiger partial charge is 0.354 e. The molecule has 236 valence electrons. The van der Waals surface area contributed by atoms with Crippen LogP contribution in [0, 0.1) is 11.7 Å². The van der Waals surface area contributed by atoms with Crippen LogP contribution in [0.25, 0.3) is 0 Å². The normalized spacial score (nSPS) is 12.0. The summed E-state index contributed by atoms with van der Waals surface area (Å²) in [6.07, 6.45) is 0.681. The van der Waals surface area contributed by atoms with Gasteiger partial charge in [-0.2, -0.15) is 0 Å². The Morgan fingerprint density at radius 3 is 2.00 bits per heavy atom. The van der Waals surface area contributed by atoms with Crippen molar-refractivity contribution in [1.82, 2.24) is 10.2 Å². The Kier molecular flexibility index (Phi) is 11.5. The minimum Gasteiger partial charge on any atom is -0.354 e. The van der Waals surface area contributed by atoms with Gasteiger partial charge in [-0.05, 0) is 47.7 Å². The predicted molar refractivity (Wildman–Crippen MR) is 176 cm³/mol. The van der Waals surface area contributed by atoms with Crippen LogP contribution in [0.3, 0.4) is 0 Å². The second-order valence-corrected chi connectivity index (χ2v) is 13.1. The molecule has 0 spiro atoms. The van der Waals surface area contributed by atoms with E-state index in [1.54, 1.807) is 48.5 Å². The predicted octanol–water partition coefficient (Wildman–Crippen LogP) is 6.00. The zero-order valence-electron chi connectivity index (χ0n) is 25.9. The highest BCUT2D eigenvalue weighted by molar-refractivity contribution is 7.92. The van der Waals surface area contributed by atoms with E-state index >= 15 is 4.39 Å². The summed E-state index contributed by atoms with van der Waals surface area (Å²) in [5.41, 5.74) is 2.12. The average Bonchev–Trinajstić information content (AvgIpc) is 3.05. The lowest BCUT2D eigenvalue weighted by Gasteiger charge is -2.34. The van der Waals surface area contributed by atoms with E-state index in [1.165, 1.54) is 23.1 Å². The molecule has 0 bridgehead atoms. The zero-order valence-corrected chi connectivity index (χ0v) is 26.7. The first kappa shape index (κ1) is 33.4. The van der Waals surface area contributed by atoms with Gasteiger partial charge in [-0.15, -0.1) is 0 Å². The number of nitrogens with zero attached hydrogens (tertiary/aromatic N) is 2. The maximum absolute atomic E-state index is 15.1. The monoisotopic (exact) mass is 629 g/mol. The quantitative estimate of drug-likeness (QED) is 0.186. The molecule has 0 saturated carbocycles. The molecule has 0 aromatic heterocycles. The van der Waals surface area contributed by atoms with Gasteiger partial charge in [0.2, 0.25) is 11.8 Å². The number of carbonyl (C=O) groups excluding carboxylic acids is 2. The van der Waals surface area contributed by atoms with Gasteiger partial charge in [0.1, 0.15) is 18.4 Å². The molecule has 0 aliphatic heterocycles. The Balaban J connectivity index is 1.83. The van der Waals surface area contributed by atoms with Crippen LogP contribution in [-0.2, 0) is 39.0 Å². The SMILES string of the molecule is CCc1ccccc1N(CC(=O)N(Cc1ccccc1F)[C@H](Cc1ccccc1)C(=O)NCC(C)C)S(=O)(=O)c1ccccc1. The lowest BCUT2D eigenvalue weighted by molar-refractivity contribution is -0.140. The summed E-state index contributed by atoms with van der Waals surface area (Å²) >= 11 is 0. The summed E-state index contributed by atoms with van der Waals surface area (Å²) in [4.78, 5) is 29.7. The van der Waals surface area contributed by atoms with Gasteiger partial charge in [0.25, 0.3) is 10.0 Å². The number of amides is 2. The fourth-order valence-electron chi connectivity index (χ4n) is 5.07. The molecule has 45 heavy (non-hydrogen) atoms. The molecule has 4 aromatic rings. The molecule has 0 aliphatic rings. The van der Waals surface area contributed by atoms with Crippen LogP contribution in [0.1, 0.15) is 37.5 Å². The first-order chi connectivity index (χ1) is 21.6. The zero-order chi connectivity index (χ0) is 32.4. The van der Waals surface area contributed by atoms with Crippen molar-refractivity contribution in [3.05, 3.63) is 132 Å². The van der Waals surface area contributed by atoms with Crippen molar-refractivity contribution in [2.24, 2.45) is 5.92 Å². The fraction of sp³-hybridized carbons (Fsp3) is 0.278. The summed E-state index contributed by atoms with van der Waals surface area (Å²) < 4.78 is 44.5. The topological polar surface area (TPSA) is 86.8 Å². The number of para-hydroxylation sites is 1. The highest BCUT2D eigenvalue weighted by Gasteiger charge is 2.35. The number of aryl methyl sites for hydroxylation is 1. The minimum absolute atomic E-state index is 0.0277. The second kappa shape index (κ2) is 15.5. The number of hydrogen-bond acceptors (Lipinski definition) is 4. The first-order valence-corrected chi connectivity index (χ1v) is 16.6. The lowest BCUT2D eigenvalue weighted by atomic mass is 10.0. The van der Waals surface area contributed by atoms with E-state index < -0.39 is 40.2 Å². The van der Waals surface area contributed by atoms with Gasteiger partial charge < -0.3 is 10.2 Å². The van der Waals surface area contributed by atoms with E-state index in [9.17, 15) is 18.0 Å². The van der Waals surface area contributed by atoms with E-state index in [4.69, 9.17) is 0 Å². The van der Waals surface area contributed by atoms with Crippen molar-refractivity contribution in [2.45, 2.75) is 51.1 Å². The average molecular weight is 630 g/mol. The molecule has 0 saturated heterocycles. The standard InChI is InChI=1S/C36H40FN3O4S/c1-4-29-17-12-14-22-33(29)40(45(43,44)31-19-9-6-10-20-31)26-35(41)39(25-30-18-11-13-21-32(30)37)34(36(42)38-24-27(2)3)23-28-15-7-5-8-16-28/h5-22,27,34H,4,23-26H2,1-3H3,(H,38,42)/t34-/m1/s1. The molecular weight excluding hydrogens is 589 g/mol. The van der Waals surface area contributed by atoms with Gasteiger partial charge in [0.15, 0.2) is 0 Å². The maximum atomic E-state index is 15.1. The molecule has 0 radical (unpaired) electrons. The van der Waals surface area contributed by atoms with Gasteiger partial charge in [0, 0.05) is 25.1 Å². The van der Waals surface area contributed by atoms with Crippen molar-refractivity contribution >= 4 is 27.5 Å². The van der Waals surface area contributed by atoms with E-state index in [1.807, 2.05) is 63.2 Å². The third-order valence-electron chi connectivity index (χ3n) is 7.51. The summed E-state index contributed by atoms with van der Waals surface area (Å²) in [6, 6.07) is 29.3. The van der Waals surface area contributed by atoms with Crippen LogP contribution in [-0.4, -0.2) is 44.3 Å². The summed E-state index contributed by atoms with van der Waals surface area (Å²) in [5.74, 6) is -1.41. The van der Waals surface area contributed by atoms with Crippen molar-refractivity contribution in [2.75, 3.05) is 17.4 Å². The first-order valence-electron chi connectivity index (χ1n) is 15.1. The van der Waals surface area contributed by atoms with E-state index in [-0.39, 0.29) is 29.3 Å². The second-order valence-electron chi connectivity index (χ2n) is 11.3. The van der Waals surface area contributed by atoms with Crippen molar-refractivity contribution in [1.29, 1.82) is 0 Å². The number of nitrogens with one attached hydrogen (secondary N) is 1. The summed E-state index contributed by atoms with van der Waals surface area (Å²) in [5, 5.41) is 2.94. The third-order valence-corrected chi connectivity index (χ3v) is 9.28. The van der Waals surface area contributed by atoms with Crippen LogP contribution >= 0.6 is 0 Å². The summed E-state index contributed by atoms with van der Waals surface area (Å²) in [6.45, 7) is 5.40. The van der Waals surface area contributed by atoms with E-state index in [0.29, 0.717) is 18.7 Å². The van der Waals surface area contributed by atoms with Crippen LogP contribution in [0.5, 0.6) is 0 Å². The van der Waals surface area contributed by atoms with Gasteiger partial charge in [-0.3, -0.25) is 13.9 Å². The molecule has 1 atom stereocenters. The van der Waals surface area contributed by atoms with Crippen molar-refractivity contribution < 1.29 is 22.4 Å². The number of carbonyl (C=O) groups is 2. The van der Waals surface area contributed by atoms with Crippen LogP contribution in [0.2, 0.25) is 0 Å². The summed E-state index contributed by atoms with van der Waals surface area (Å²) in [7, 11) is -4.21. The molecule has 0 aliphatic carbocycles. The minimum atomic E-state index is -4.21. The Hall–Kier alpha value is -4.50. The molecule has 1 N–H and O–H groups in total. The van der Waals surface area contributed by atoms with E-state index in [0.717, 1.165) is 15.4 Å². The Bertz CT molecular complexity index is 1680. The highest BCUT2D eigenvalue weighted by atomic mass is 32.2. The van der Waals surface area contributed by atoms with Gasteiger partial charge in [-0.1, -0.05) is 106 Å². The highest BCUT2D eigenvalue weighted by Crippen LogP contribution is 2.28.